The second-order valence-electron chi connectivity index (χ2n) is 3.05. The Bertz CT molecular complexity index is 213. The fourth-order valence-electron chi connectivity index (χ4n) is 1.03. The summed E-state index contributed by atoms with van der Waals surface area (Å²) in [7, 11) is 4.19. The van der Waals surface area contributed by atoms with Crippen LogP contribution >= 0.6 is 22.3 Å². The molecule has 1 nitrogen and oxygen atoms in total. The van der Waals surface area contributed by atoms with Gasteiger partial charge in [0.1, 0.15) is 0 Å². The first-order valence-electron chi connectivity index (χ1n) is 3.93. The van der Waals surface area contributed by atoms with Crippen LogP contribution in [0.2, 0.25) is 0 Å². The van der Waals surface area contributed by atoms with E-state index in [0.29, 0.717) is 6.04 Å². The van der Waals surface area contributed by atoms with Gasteiger partial charge in [0, 0.05) is 6.04 Å². The van der Waals surface area contributed by atoms with Crippen molar-refractivity contribution in [1.29, 1.82) is 0 Å². The number of hydrogen-bond acceptors (Lipinski definition) is 1. The van der Waals surface area contributed by atoms with Gasteiger partial charge in [-0.05, 0) is 26.6 Å². The molecule has 0 saturated heterocycles. The van der Waals surface area contributed by atoms with Crippen LogP contribution in [0, 0.1) is 0 Å². The van der Waals surface area contributed by atoms with E-state index in [-0.39, 0.29) is 22.3 Å². The van der Waals surface area contributed by atoms with Crippen LogP contribution in [-0.2, 0) is 0 Å². The Labute approximate surface area is 90.6 Å². The summed E-state index contributed by atoms with van der Waals surface area (Å²) in [5.74, 6) is 0. The molecule has 2 unspecified atom stereocenters. The van der Waals surface area contributed by atoms with E-state index in [1.807, 2.05) is 6.07 Å². The van der Waals surface area contributed by atoms with E-state index in [2.05, 4.69) is 50.2 Å². The standard InChI is InChI=1S/C10H15N.ClH.H3P/c1-9(11(2)3)10-7-5-4-6-8-10;;/h4-9H,1-3H3;1H;1H3. The minimum atomic E-state index is 0. The van der Waals surface area contributed by atoms with Gasteiger partial charge in [-0.1, -0.05) is 30.3 Å². The van der Waals surface area contributed by atoms with Crippen molar-refractivity contribution < 1.29 is 0 Å². The van der Waals surface area contributed by atoms with Crippen LogP contribution in [0.25, 0.3) is 0 Å². The average molecular weight is 220 g/mol. The number of rotatable bonds is 2. The third kappa shape index (κ3) is 4.61. The van der Waals surface area contributed by atoms with Crippen molar-refractivity contribution in [2.24, 2.45) is 0 Å². The number of hydrogen-bond donors (Lipinski definition) is 0. The maximum absolute atomic E-state index is 2.20. The van der Waals surface area contributed by atoms with Crippen molar-refractivity contribution in [3.63, 3.8) is 0 Å². The summed E-state index contributed by atoms with van der Waals surface area (Å²) in [4.78, 5) is 2.20. The van der Waals surface area contributed by atoms with Gasteiger partial charge in [-0.25, -0.2) is 0 Å². The Hall–Kier alpha value is -0.100. The van der Waals surface area contributed by atoms with Crippen molar-refractivity contribution >= 4 is 22.3 Å². The van der Waals surface area contributed by atoms with Gasteiger partial charge >= 0.3 is 0 Å². The number of nitrogens with zero attached hydrogens (tertiary/aromatic N) is 1. The van der Waals surface area contributed by atoms with Crippen LogP contribution in [0.4, 0.5) is 0 Å². The smallest absolute Gasteiger partial charge is 0.0313 e. The molecule has 0 bridgehead atoms. The van der Waals surface area contributed by atoms with Crippen LogP contribution in [0.15, 0.2) is 30.3 Å². The van der Waals surface area contributed by atoms with E-state index in [1.165, 1.54) is 5.56 Å². The van der Waals surface area contributed by atoms with Gasteiger partial charge in [-0.15, -0.1) is 12.4 Å². The Balaban J connectivity index is 0. The molecule has 0 N–H and O–H groups in total. The zero-order chi connectivity index (χ0) is 8.27. The fourth-order valence-corrected chi connectivity index (χ4v) is 1.03. The first kappa shape index (κ1) is 15.4. The summed E-state index contributed by atoms with van der Waals surface area (Å²) in [6.07, 6.45) is 0. The van der Waals surface area contributed by atoms with E-state index in [1.54, 1.807) is 0 Å². The Morgan fingerprint density at radius 2 is 1.54 bits per heavy atom. The second-order valence-corrected chi connectivity index (χ2v) is 3.05. The zero-order valence-electron chi connectivity index (χ0n) is 8.53. The van der Waals surface area contributed by atoms with Crippen molar-refractivity contribution in [3.8, 4) is 0 Å². The molecule has 1 rings (SSSR count). The Kier molecular flexibility index (Phi) is 8.65. The molecule has 13 heavy (non-hydrogen) atoms. The Morgan fingerprint density at radius 3 is 1.92 bits per heavy atom. The monoisotopic (exact) mass is 219 g/mol. The highest BCUT2D eigenvalue weighted by Crippen LogP contribution is 2.15. The molecule has 76 valence electrons. The molecule has 1 aromatic carbocycles. The average Bonchev–Trinajstić information content (AvgIpc) is 2.05. The molecule has 3 heteroatoms. The first-order valence-corrected chi connectivity index (χ1v) is 3.93. The van der Waals surface area contributed by atoms with Crippen molar-refractivity contribution in [3.05, 3.63) is 35.9 Å². The van der Waals surface area contributed by atoms with Crippen LogP contribution in [-0.4, -0.2) is 19.0 Å². The molecule has 0 heterocycles. The van der Waals surface area contributed by atoms with Gasteiger partial charge in [0.2, 0.25) is 0 Å². The summed E-state index contributed by atoms with van der Waals surface area (Å²) in [6, 6.07) is 11.0. The normalized spacial score (nSPS) is 11.4. The molecule has 0 aliphatic carbocycles. The lowest BCUT2D eigenvalue weighted by molar-refractivity contribution is 0.321. The third-order valence-electron chi connectivity index (χ3n) is 2.06. The summed E-state index contributed by atoms with van der Waals surface area (Å²) in [5, 5.41) is 0. The topological polar surface area (TPSA) is 3.24 Å². The van der Waals surface area contributed by atoms with Gasteiger partial charge in [-0.2, -0.15) is 9.90 Å². The summed E-state index contributed by atoms with van der Waals surface area (Å²) in [6.45, 7) is 2.20. The maximum Gasteiger partial charge on any atom is 0.0313 e. The van der Waals surface area contributed by atoms with Crippen molar-refractivity contribution in [1.82, 2.24) is 4.90 Å². The minimum Gasteiger partial charge on any atom is -0.303 e. The zero-order valence-corrected chi connectivity index (χ0v) is 10.8. The third-order valence-corrected chi connectivity index (χ3v) is 2.06. The van der Waals surface area contributed by atoms with Gasteiger partial charge in [-0.3, -0.25) is 0 Å². The summed E-state index contributed by atoms with van der Waals surface area (Å²) in [5.41, 5.74) is 1.37. The highest BCUT2D eigenvalue weighted by molar-refractivity contribution is 6.92. The molecular weight excluding hydrogens is 201 g/mol. The summed E-state index contributed by atoms with van der Waals surface area (Å²) < 4.78 is 0. The van der Waals surface area contributed by atoms with Crippen LogP contribution in [0.3, 0.4) is 0 Å². The van der Waals surface area contributed by atoms with E-state index in [9.17, 15) is 0 Å². The molecule has 0 radical (unpaired) electrons. The molecule has 0 aromatic heterocycles. The van der Waals surface area contributed by atoms with Crippen LogP contribution in [0.1, 0.15) is 18.5 Å². The highest BCUT2D eigenvalue weighted by Gasteiger charge is 2.04. The molecule has 0 spiro atoms. The van der Waals surface area contributed by atoms with Gasteiger partial charge in [0.25, 0.3) is 0 Å². The minimum absolute atomic E-state index is 0. The number of benzene rings is 1. The SMILES string of the molecule is CC(c1ccccc1)N(C)C.Cl.P. The molecule has 2 atom stereocenters. The van der Waals surface area contributed by atoms with Crippen molar-refractivity contribution in [2.45, 2.75) is 13.0 Å². The largest absolute Gasteiger partial charge is 0.303 e. The fraction of sp³-hybridized carbons (Fsp3) is 0.400. The van der Waals surface area contributed by atoms with Crippen LogP contribution < -0.4 is 0 Å². The lowest BCUT2D eigenvalue weighted by atomic mass is 10.1. The lowest BCUT2D eigenvalue weighted by Crippen LogP contribution is -2.16. The lowest BCUT2D eigenvalue weighted by Gasteiger charge is -2.19. The predicted octanol–water partition coefficient (Wildman–Crippen LogP) is 2.79. The van der Waals surface area contributed by atoms with Crippen LogP contribution in [0.5, 0.6) is 0 Å². The van der Waals surface area contributed by atoms with E-state index >= 15 is 0 Å². The van der Waals surface area contributed by atoms with Gasteiger partial charge < -0.3 is 4.90 Å². The molecule has 0 amide bonds. The molecule has 1 aromatic rings. The van der Waals surface area contributed by atoms with Crippen molar-refractivity contribution in [2.75, 3.05) is 14.1 Å². The molecule has 0 aliphatic rings. The highest BCUT2D eigenvalue weighted by atomic mass is 35.5. The summed E-state index contributed by atoms with van der Waals surface area (Å²) >= 11 is 0. The number of halogens is 1. The predicted molar refractivity (Wildman–Crippen MR) is 66.9 cm³/mol. The van der Waals surface area contributed by atoms with E-state index in [0.717, 1.165) is 0 Å². The molecule has 0 aliphatic heterocycles. The van der Waals surface area contributed by atoms with E-state index < -0.39 is 0 Å². The van der Waals surface area contributed by atoms with Gasteiger partial charge in [0.15, 0.2) is 0 Å². The van der Waals surface area contributed by atoms with E-state index in [4.69, 9.17) is 0 Å². The molecule has 0 fully saturated rings. The maximum atomic E-state index is 2.20. The Morgan fingerprint density at radius 1 is 1.08 bits per heavy atom. The first-order chi connectivity index (χ1) is 5.22. The second kappa shape index (κ2) is 7.32. The van der Waals surface area contributed by atoms with Gasteiger partial charge in [0.05, 0.1) is 0 Å². The molecule has 0 saturated carbocycles. The quantitative estimate of drug-likeness (QED) is 0.692. The molecular formula is C10H19ClNP.